The monoisotopic (exact) mass is 542 g/mol. The Morgan fingerprint density at radius 3 is 2.32 bits per heavy atom. The van der Waals surface area contributed by atoms with E-state index >= 15 is 0 Å². The molecule has 0 amide bonds. The molecule has 2 heterocycles. The van der Waals surface area contributed by atoms with E-state index in [0.29, 0.717) is 5.69 Å². The third-order valence-electron chi connectivity index (χ3n) is 5.28. The number of hydrogen-bond donors (Lipinski definition) is 3. The third-order valence-corrected chi connectivity index (χ3v) is 6.98. The lowest BCUT2D eigenvalue weighted by molar-refractivity contribution is -0.140. The molecule has 16 heteroatoms. The van der Waals surface area contributed by atoms with Gasteiger partial charge >= 0.3 is 16.2 Å². The number of H-pyrrole nitrogens is 1. The first kappa shape index (κ1) is 24.1. The lowest BCUT2D eigenvalue weighted by Crippen LogP contribution is -2.22. The van der Waals surface area contributed by atoms with E-state index in [0.717, 1.165) is 4.68 Å². The standard InChI is InChI=1S/C18H13Cl2F5N6O2S/c19-11-5-10(34(21,22,23,24)25)6-12(20)15(11)31-16(27-8-9-1-4-28-29-9)14(13(7-26)30-31)18(2-3-18)17(32)33/h1,4-6,27H,2-3,8H2,(H,28,29)(H,32,33). The van der Waals surface area contributed by atoms with Crippen molar-refractivity contribution >= 4 is 45.2 Å². The zero-order valence-electron chi connectivity index (χ0n) is 16.6. The second kappa shape index (κ2) is 7.00. The number of halogens is 7. The number of nitrogens with one attached hydrogen (secondary N) is 2. The van der Waals surface area contributed by atoms with Crippen LogP contribution in [0.1, 0.15) is 29.8 Å². The van der Waals surface area contributed by atoms with Gasteiger partial charge in [-0.25, -0.2) is 4.68 Å². The highest BCUT2D eigenvalue weighted by molar-refractivity contribution is 8.45. The normalized spacial score (nSPS) is 16.9. The average Bonchev–Trinajstić information content (AvgIpc) is 3.18. The molecule has 0 radical (unpaired) electrons. The quantitative estimate of drug-likeness (QED) is 0.307. The Morgan fingerprint density at radius 2 is 1.88 bits per heavy atom. The molecule has 8 nitrogen and oxygen atoms in total. The molecule has 0 aliphatic heterocycles. The first-order valence-corrected chi connectivity index (χ1v) is 12.0. The number of aliphatic carboxylic acids is 1. The predicted molar refractivity (Wildman–Crippen MR) is 114 cm³/mol. The van der Waals surface area contributed by atoms with E-state index in [1.807, 2.05) is 0 Å². The maximum absolute atomic E-state index is 13.3. The highest BCUT2D eigenvalue weighted by Crippen LogP contribution is 3.02. The first-order valence-electron chi connectivity index (χ1n) is 9.30. The summed E-state index contributed by atoms with van der Waals surface area (Å²) in [6.07, 6.45) is 1.79. The molecule has 182 valence electrons. The van der Waals surface area contributed by atoms with Gasteiger partial charge in [0, 0.05) is 6.20 Å². The van der Waals surface area contributed by atoms with Gasteiger partial charge in [-0.3, -0.25) is 9.89 Å². The number of aromatic amines is 1. The van der Waals surface area contributed by atoms with E-state index in [1.165, 1.54) is 6.20 Å². The van der Waals surface area contributed by atoms with Gasteiger partial charge in [0.05, 0.1) is 33.3 Å². The summed E-state index contributed by atoms with van der Waals surface area (Å²) in [7, 11) is -10.1. The highest BCUT2D eigenvalue weighted by atomic mass is 35.5. The van der Waals surface area contributed by atoms with Crippen LogP contribution in [-0.4, -0.2) is 31.1 Å². The van der Waals surface area contributed by atoms with E-state index in [9.17, 15) is 34.6 Å². The number of benzene rings is 1. The Hall–Kier alpha value is -3.02. The average molecular weight is 543 g/mol. The molecule has 0 unspecified atom stereocenters. The zero-order valence-corrected chi connectivity index (χ0v) is 19.0. The van der Waals surface area contributed by atoms with Gasteiger partial charge < -0.3 is 10.4 Å². The first-order chi connectivity index (χ1) is 15.6. The van der Waals surface area contributed by atoms with Crippen molar-refractivity contribution in [2.75, 3.05) is 5.32 Å². The maximum atomic E-state index is 13.3. The van der Waals surface area contributed by atoms with Crippen LogP contribution < -0.4 is 5.32 Å². The van der Waals surface area contributed by atoms with Crippen LogP contribution >= 0.6 is 33.4 Å². The smallest absolute Gasteiger partial charge is 0.314 e. The van der Waals surface area contributed by atoms with Crippen LogP contribution in [0.5, 0.6) is 0 Å². The van der Waals surface area contributed by atoms with Gasteiger partial charge in [0.25, 0.3) is 0 Å². The molecule has 0 saturated heterocycles. The summed E-state index contributed by atoms with van der Waals surface area (Å²) in [6.45, 7) is 0.0119. The van der Waals surface area contributed by atoms with E-state index in [2.05, 4.69) is 20.6 Å². The number of nitrogens with zero attached hydrogens (tertiary/aromatic N) is 4. The predicted octanol–water partition coefficient (Wildman–Crippen LogP) is 6.16. The molecule has 2 aromatic heterocycles. The molecule has 3 N–H and O–H groups in total. The number of hydrogen-bond acceptors (Lipinski definition) is 5. The highest BCUT2D eigenvalue weighted by Gasteiger charge is 2.65. The molecule has 1 aliphatic rings. The molecule has 3 aromatic rings. The van der Waals surface area contributed by atoms with Gasteiger partial charge in [-0.2, -0.15) is 15.5 Å². The summed E-state index contributed by atoms with van der Waals surface area (Å²) in [5.41, 5.74) is -1.74. The Kier molecular flexibility index (Phi) is 4.96. The van der Waals surface area contributed by atoms with Crippen LogP contribution in [0.3, 0.4) is 0 Å². The van der Waals surface area contributed by atoms with Crippen molar-refractivity contribution in [3.05, 3.63) is 51.4 Å². The van der Waals surface area contributed by atoms with Gasteiger partial charge in [-0.05, 0) is 31.0 Å². The summed E-state index contributed by atoms with van der Waals surface area (Å²) in [5.74, 6) is -1.32. The molecule has 0 bridgehead atoms. The summed E-state index contributed by atoms with van der Waals surface area (Å²) in [5, 5.41) is 31.1. The summed E-state index contributed by atoms with van der Waals surface area (Å²) < 4.78 is 67.4. The molecule has 0 atom stereocenters. The number of anilines is 1. The molecule has 0 spiro atoms. The Bertz CT molecular complexity index is 1340. The number of carbonyl (C=O) groups is 1. The van der Waals surface area contributed by atoms with Crippen LogP contribution in [-0.2, 0) is 16.8 Å². The van der Waals surface area contributed by atoms with E-state index in [1.54, 1.807) is 12.1 Å². The zero-order chi connectivity index (χ0) is 25.2. The van der Waals surface area contributed by atoms with Crippen LogP contribution in [0.2, 0.25) is 10.0 Å². The largest absolute Gasteiger partial charge is 0.481 e. The van der Waals surface area contributed by atoms with Gasteiger partial charge in [0.15, 0.2) is 5.69 Å². The second-order valence-corrected chi connectivity index (χ2v) is 10.8. The summed E-state index contributed by atoms with van der Waals surface area (Å²) in [4.78, 5) is 9.69. The van der Waals surface area contributed by atoms with Gasteiger partial charge in [0.1, 0.15) is 22.5 Å². The number of carboxylic acid groups (broad SMARTS) is 1. The van der Waals surface area contributed by atoms with Crippen LogP contribution in [0.25, 0.3) is 5.69 Å². The number of carboxylic acids is 1. The van der Waals surface area contributed by atoms with Crippen LogP contribution in [0.15, 0.2) is 29.3 Å². The molecule has 4 rings (SSSR count). The molecule has 1 aliphatic carbocycles. The van der Waals surface area contributed by atoms with E-state index < -0.39 is 42.2 Å². The fourth-order valence-corrected chi connectivity index (χ4v) is 4.96. The second-order valence-electron chi connectivity index (χ2n) is 7.62. The third kappa shape index (κ3) is 4.15. The summed E-state index contributed by atoms with van der Waals surface area (Å²) in [6, 6.07) is 3.39. The van der Waals surface area contributed by atoms with Crippen molar-refractivity contribution in [1.82, 2.24) is 20.0 Å². The molecular formula is C18H13Cl2F5N6O2S. The fourth-order valence-electron chi connectivity index (χ4n) is 3.50. The molecule has 1 fully saturated rings. The van der Waals surface area contributed by atoms with Crippen molar-refractivity contribution in [1.29, 1.82) is 5.26 Å². The van der Waals surface area contributed by atoms with Crippen molar-refractivity contribution in [2.24, 2.45) is 0 Å². The maximum Gasteiger partial charge on any atom is 0.314 e. The number of rotatable bonds is 7. The molecule has 1 saturated carbocycles. The minimum Gasteiger partial charge on any atom is -0.481 e. The molecular weight excluding hydrogens is 530 g/mol. The lowest BCUT2D eigenvalue weighted by Gasteiger charge is -2.40. The Labute approximate surface area is 198 Å². The Balaban J connectivity index is 1.95. The molecule has 1 aromatic carbocycles. The van der Waals surface area contributed by atoms with Gasteiger partial charge in [-0.15, -0.1) is 0 Å². The Morgan fingerprint density at radius 1 is 1.26 bits per heavy atom. The van der Waals surface area contributed by atoms with Crippen molar-refractivity contribution < 1.29 is 29.3 Å². The minimum atomic E-state index is -10.1. The van der Waals surface area contributed by atoms with Gasteiger partial charge in [0.2, 0.25) is 0 Å². The summed E-state index contributed by atoms with van der Waals surface area (Å²) >= 11 is 11.9. The van der Waals surface area contributed by atoms with Crippen LogP contribution in [0, 0.1) is 11.3 Å². The fraction of sp³-hybridized carbons (Fsp3) is 0.222. The molecule has 34 heavy (non-hydrogen) atoms. The van der Waals surface area contributed by atoms with E-state index in [4.69, 9.17) is 23.2 Å². The van der Waals surface area contributed by atoms with Gasteiger partial charge in [-0.1, -0.05) is 42.6 Å². The number of aromatic nitrogens is 4. The number of nitriles is 1. The topological polar surface area (TPSA) is 120 Å². The van der Waals surface area contributed by atoms with Crippen molar-refractivity contribution in [3.8, 4) is 11.8 Å². The van der Waals surface area contributed by atoms with E-state index in [-0.39, 0.29) is 48.6 Å². The lowest BCUT2D eigenvalue weighted by atomic mass is 9.95. The minimum absolute atomic E-state index is 0.0119. The van der Waals surface area contributed by atoms with Crippen LogP contribution in [0.4, 0.5) is 25.2 Å². The van der Waals surface area contributed by atoms with Crippen molar-refractivity contribution in [3.63, 3.8) is 0 Å². The SMILES string of the molecule is N#Cc1nn(-c2c(Cl)cc(S(F)(F)(F)(F)F)cc2Cl)c(NCc2ccn[nH]2)c1C1(C(=O)O)CC1. The van der Waals surface area contributed by atoms with Crippen molar-refractivity contribution in [2.45, 2.75) is 29.7 Å².